The molecule has 1 heterocycles. The first-order valence-electron chi connectivity index (χ1n) is 6.62. The minimum Gasteiger partial charge on any atom is -0.332 e. The third-order valence-corrected chi connectivity index (χ3v) is 4.61. The Morgan fingerprint density at radius 1 is 1.14 bits per heavy atom. The van der Waals surface area contributed by atoms with E-state index in [0.29, 0.717) is 5.69 Å². The summed E-state index contributed by atoms with van der Waals surface area (Å²) < 4.78 is 26.2. The van der Waals surface area contributed by atoms with Crippen LogP contribution in [-0.4, -0.2) is 19.7 Å². The van der Waals surface area contributed by atoms with E-state index in [2.05, 4.69) is 15.0 Å². The van der Waals surface area contributed by atoms with Crippen LogP contribution in [0.1, 0.15) is 5.56 Å². The second kappa shape index (κ2) is 5.58. The summed E-state index contributed by atoms with van der Waals surface area (Å²) >= 11 is 1.58. The van der Waals surface area contributed by atoms with Gasteiger partial charge in [0.2, 0.25) is 10.0 Å². The van der Waals surface area contributed by atoms with Gasteiger partial charge >= 0.3 is 0 Å². The van der Waals surface area contributed by atoms with Gasteiger partial charge in [-0.2, -0.15) is 0 Å². The molecule has 0 aliphatic rings. The highest BCUT2D eigenvalue weighted by Gasteiger charge is 2.07. The maximum Gasteiger partial charge on any atom is 0.229 e. The molecule has 0 saturated carbocycles. The molecule has 0 bridgehead atoms. The van der Waals surface area contributed by atoms with Crippen molar-refractivity contribution >= 4 is 48.1 Å². The molecule has 0 fully saturated rings. The number of hydrogen-bond acceptors (Lipinski definition) is 5. The van der Waals surface area contributed by atoms with Crippen molar-refractivity contribution in [3.05, 3.63) is 48.0 Å². The van der Waals surface area contributed by atoms with Crippen LogP contribution < -0.4 is 10.0 Å². The smallest absolute Gasteiger partial charge is 0.229 e. The summed E-state index contributed by atoms with van der Waals surface area (Å²) in [4.78, 5) is 4.52. The number of hydrogen-bond donors (Lipinski definition) is 2. The molecule has 2 aromatic carbocycles. The molecule has 114 valence electrons. The molecular formula is C15H15N3O2S2. The van der Waals surface area contributed by atoms with Crippen LogP contribution in [0.3, 0.4) is 0 Å². The number of nitrogens with zero attached hydrogens (tertiary/aromatic N) is 1. The Hall–Kier alpha value is -2.12. The number of aromatic nitrogens is 1. The molecule has 0 atom stereocenters. The third-order valence-electron chi connectivity index (χ3n) is 3.07. The van der Waals surface area contributed by atoms with E-state index in [1.807, 2.05) is 43.3 Å². The quantitative estimate of drug-likeness (QED) is 0.763. The van der Waals surface area contributed by atoms with Crippen LogP contribution in [0.2, 0.25) is 0 Å². The van der Waals surface area contributed by atoms with E-state index in [-0.39, 0.29) is 0 Å². The summed E-state index contributed by atoms with van der Waals surface area (Å²) in [6.45, 7) is 1.86. The van der Waals surface area contributed by atoms with Gasteiger partial charge in [0.15, 0.2) is 5.13 Å². The second-order valence-corrected chi connectivity index (χ2v) is 7.79. The number of anilines is 3. The average Bonchev–Trinajstić information content (AvgIpc) is 2.82. The van der Waals surface area contributed by atoms with Crippen molar-refractivity contribution < 1.29 is 8.42 Å². The fourth-order valence-corrected chi connectivity index (χ4v) is 3.62. The van der Waals surface area contributed by atoms with Gasteiger partial charge < -0.3 is 5.32 Å². The lowest BCUT2D eigenvalue weighted by Gasteiger charge is -2.10. The van der Waals surface area contributed by atoms with E-state index in [1.165, 1.54) is 0 Å². The lowest BCUT2D eigenvalue weighted by Crippen LogP contribution is -2.10. The van der Waals surface area contributed by atoms with E-state index in [4.69, 9.17) is 0 Å². The minimum atomic E-state index is -3.27. The summed E-state index contributed by atoms with van der Waals surface area (Å²) in [6, 6.07) is 13.4. The van der Waals surface area contributed by atoms with E-state index < -0.39 is 10.0 Å². The lowest BCUT2D eigenvalue weighted by molar-refractivity contribution is 0.607. The zero-order valence-corrected chi connectivity index (χ0v) is 13.8. The molecule has 3 rings (SSSR count). The maximum atomic E-state index is 11.3. The number of aryl methyl sites for hydroxylation is 1. The maximum absolute atomic E-state index is 11.3. The van der Waals surface area contributed by atoms with Crippen molar-refractivity contribution in [3.63, 3.8) is 0 Å². The van der Waals surface area contributed by atoms with Crippen LogP contribution >= 0.6 is 11.3 Å². The van der Waals surface area contributed by atoms with Crippen molar-refractivity contribution in [1.82, 2.24) is 4.98 Å². The Kier molecular flexibility index (Phi) is 3.76. The van der Waals surface area contributed by atoms with Crippen molar-refractivity contribution in [2.24, 2.45) is 0 Å². The number of fused-ring (bicyclic) bond motifs is 1. The minimum absolute atomic E-state index is 0.581. The number of nitrogens with one attached hydrogen (secondary N) is 2. The molecule has 22 heavy (non-hydrogen) atoms. The molecule has 0 unspecified atom stereocenters. The summed E-state index contributed by atoms with van der Waals surface area (Å²) in [5.41, 5.74) is 3.26. The van der Waals surface area contributed by atoms with Gasteiger partial charge in [0, 0.05) is 5.69 Å². The molecule has 5 nitrogen and oxygen atoms in total. The van der Waals surface area contributed by atoms with Crippen LogP contribution in [0.15, 0.2) is 42.5 Å². The highest BCUT2D eigenvalue weighted by molar-refractivity contribution is 7.92. The summed E-state index contributed by atoms with van der Waals surface area (Å²) in [6.07, 6.45) is 1.14. The Balaban J connectivity index is 1.85. The average molecular weight is 333 g/mol. The third kappa shape index (κ3) is 3.37. The van der Waals surface area contributed by atoms with Gasteiger partial charge in [-0.1, -0.05) is 23.5 Å². The van der Waals surface area contributed by atoms with Crippen LogP contribution in [0, 0.1) is 6.92 Å². The van der Waals surface area contributed by atoms with Gasteiger partial charge in [0.1, 0.15) is 0 Å². The molecule has 0 spiro atoms. The molecule has 7 heteroatoms. The van der Waals surface area contributed by atoms with Gasteiger partial charge in [-0.3, -0.25) is 4.72 Å². The van der Waals surface area contributed by atoms with E-state index >= 15 is 0 Å². The molecule has 0 aliphatic carbocycles. The van der Waals surface area contributed by atoms with Crippen LogP contribution in [0.5, 0.6) is 0 Å². The van der Waals surface area contributed by atoms with E-state index in [9.17, 15) is 8.42 Å². The van der Waals surface area contributed by atoms with Crippen LogP contribution in [0.4, 0.5) is 16.5 Å². The fraction of sp³-hybridized carbons (Fsp3) is 0.133. The Morgan fingerprint density at radius 2 is 1.91 bits per heavy atom. The largest absolute Gasteiger partial charge is 0.332 e. The van der Waals surface area contributed by atoms with Gasteiger partial charge in [0.05, 0.1) is 22.2 Å². The molecule has 3 aromatic rings. The molecular weight excluding hydrogens is 318 g/mol. The van der Waals surface area contributed by atoms with Crippen LogP contribution in [-0.2, 0) is 10.0 Å². The standard InChI is InChI=1S/C15H15N3O2S2/c1-10-9-11(7-8-12(10)18-22(2,19)20)16-15-17-13-5-3-4-6-14(13)21-15/h3-9,18H,1-2H3,(H,16,17). The number of benzene rings is 2. The number of sulfonamides is 1. The Bertz CT molecular complexity index is 900. The van der Waals surface area contributed by atoms with Crippen molar-refractivity contribution in [2.75, 3.05) is 16.3 Å². The van der Waals surface area contributed by atoms with Crippen molar-refractivity contribution in [2.45, 2.75) is 6.92 Å². The summed E-state index contributed by atoms with van der Waals surface area (Å²) in [7, 11) is -3.27. The van der Waals surface area contributed by atoms with E-state index in [0.717, 1.165) is 32.9 Å². The van der Waals surface area contributed by atoms with Crippen molar-refractivity contribution in [1.29, 1.82) is 0 Å². The van der Waals surface area contributed by atoms with Crippen molar-refractivity contribution in [3.8, 4) is 0 Å². The normalized spacial score (nSPS) is 11.5. The highest BCUT2D eigenvalue weighted by atomic mass is 32.2. The fourth-order valence-electron chi connectivity index (χ4n) is 2.10. The predicted octanol–water partition coefficient (Wildman–Crippen LogP) is 3.72. The first kappa shape index (κ1) is 14.8. The predicted molar refractivity (Wildman–Crippen MR) is 92.5 cm³/mol. The molecule has 0 amide bonds. The monoisotopic (exact) mass is 333 g/mol. The Morgan fingerprint density at radius 3 is 2.59 bits per heavy atom. The first-order chi connectivity index (χ1) is 10.4. The molecule has 2 N–H and O–H groups in total. The van der Waals surface area contributed by atoms with Gasteiger partial charge in [0.25, 0.3) is 0 Å². The Labute approximate surface area is 133 Å². The number of para-hydroxylation sites is 1. The zero-order valence-electron chi connectivity index (χ0n) is 12.1. The second-order valence-electron chi connectivity index (χ2n) is 5.02. The lowest BCUT2D eigenvalue weighted by atomic mass is 10.2. The number of thiazole rings is 1. The van der Waals surface area contributed by atoms with Crippen LogP contribution in [0.25, 0.3) is 10.2 Å². The van der Waals surface area contributed by atoms with Gasteiger partial charge in [-0.15, -0.1) is 0 Å². The van der Waals surface area contributed by atoms with E-state index in [1.54, 1.807) is 17.4 Å². The summed E-state index contributed by atoms with van der Waals surface area (Å²) in [5.74, 6) is 0. The number of rotatable bonds is 4. The zero-order chi connectivity index (χ0) is 15.7. The molecule has 0 saturated heterocycles. The first-order valence-corrected chi connectivity index (χ1v) is 9.32. The topological polar surface area (TPSA) is 71.1 Å². The molecule has 0 aliphatic heterocycles. The highest BCUT2D eigenvalue weighted by Crippen LogP contribution is 2.29. The van der Waals surface area contributed by atoms with Gasteiger partial charge in [-0.25, -0.2) is 13.4 Å². The van der Waals surface area contributed by atoms with Gasteiger partial charge in [-0.05, 0) is 42.8 Å². The molecule has 0 radical (unpaired) electrons. The molecule has 1 aromatic heterocycles. The SMILES string of the molecule is Cc1cc(Nc2nc3ccccc3s2)ccc1NS(C)(=O)=O. The summed E-state index contributed by atoms with van der Waals surface area (Å²) in [5, 5.41) is 4.06.